The molecule has 2 aromatic carbocycles. The van der Waals surface area contributed by atoms with Crippen molar-refractivity contribution in [3.05, 3.63) is 53.1 Å². The van der Waals surface area contributed by atoms with Crippen molar-refractivity contribution in [2.75, 3.05) is 73.7 Å². The Morgan fingerprint density at radius 1 is 0.630 bits per heavy atom. The number of hydrogen-bond donors (Lipinski definition) is 3. The summed E-state index contributed by atoms with van der Waals surface area (Å²) in [7, 11) is 4.90. The average molecular weight is 642 g/mol. The number of rotatable bonds is 25. The number of carbonyl (C=O) groups excluding carboxylic acids is 2. The largest absolute Gasteiger partial charge is 0.496 e. The van der Waals surface area contributed by atoms with Gasteiger partial charge in [0.25, 0.3) is 0 Å². The fourth-order valence-corrected chi connectivity index (χ4v) is 5.41. The molecule has 0 spiro atoms. The van der Waals surface area contributed by atoms with Crippen LogP contribution >= 0.6 is 0 Å². The highest BCUT2D eigenvalue weighted by Gasteiger charge is 2.15. The normalized spacial score (nSPS) is 10.9. The van der Waals surface area contributed by atoms with Gasteiger partial charge in [-0.3, -0.25) is 9.59 Å². The molecule has 0 aromatic heterocycles. The van der Waals surface area contributed by atoms with Gasteiger partial charge in [0, 0.05) is 39.0 Å². The molecule has 0 saturated heterocycles. The Balaban J connectivity index is 1.78. The van der Waals surface area contributed by atoms with Gasteiger partial charge < -0.3 is 40.8 Å². The Bertz CT molecular complexity index is 1160. The molecule has 10 nitrogen and oxygen atoms in total. The second kappa shape index (κ2) is 23.1. The third-order valence-corrected chi connectivity index (χ3v) is 8.21. The SMILES string of the molecule is COc1cc(CCC(=O)N(CCCCN)CCCNCCCN(CCCCN)C(=O)CCc2ccc(OC)c(OC)c2)ccc1C. The number of amides is 2. The van der Waals surface area contributed by atoms with E-state index in [1.54, 1.807) is 21.3 Å². The first-order valence-electron chi connectivity index (χ1n) is 16.9. The highest BCUT2D eigenvalue weighted by atomic mass is 16.5. The lowest BCUT2D eigenvalue weighted by atomic mass is 10.1. The monoisotopic (exact) mass is 641 g/mol. The molecule has 2 aromatic rings. The number of nitrogens with one attached hydrogen (secondary N) is 1. The molecule has 0 bridgehead atoms. The quantitative estimate of drug-likeness (QED) is 0.138. The minimum absolute atomic E-state index is 0.155. The first kappa shape index (κ1) is 38.8. The second-order valence-corrected chi connectivity index (χ2v) is 11.7. The van der Waals surface area contributed by atoms with Gasteiger partial charge in [0.1, 0.15) is 5.75 Å². The molecule has 0 heterocycles. The van der Waals surface area contributed by atoms with Crippen LogP contribution in [0.5, 0.6) is 17.2 Å². The average Bonchev–Trinajstić information content (AvgIpc) is 3.07. The fraction of sp³-hybridized carbons (Fsp3) is 0.611. The van der Waals surface area contributed by atoms with E-state index in [-0.39, 0.29) is 11.8 Å². The van der Waals surface area contributed by atoms with Crippen LogP contribution in [0.4, 0.5) is 0 Å². The zero-order chi connectivity index (χ0) is 33.6. The maximum Gasteiger partial charge on any atom is 0.222 e. The lowest BCUT2D eigenvalue weighted by Crippen LogP contribution is -2.36. The van der Waals surface area contributed by atoms with E-state index in [1.807, 2.05) is 47.1 Å². The van der Waals surface area contributed by atoms with E-state index in [1.165, 1.54) is 0 Å². The molecule has 0 aliphatic carbocycles. The predicted octanol–water partition coefficient (Wildman–Crippen LogP) is 4.09. The van der Waals surface area contributed by atoms with Crippen LogP contribution in [-0.4, -0.2) is 95.3 Å². The summed E-state index contributed by atoms with van der Waals surface area (Å²) in [6.07, 6.45) is 7.61. The number of ether oxygens (including phenoxy) is 3. The van der Waals surface area contributed by atoms with Crippen molar-refractivity contribution in [1.82, 2.24) is 15.1 Å². The van der Waals surface area contributed by atoms with E-state index in [4.69, 9.17) is 25.7 Å². The Morgan fingerprint density at radius 3 is 1.57 bits per heavy atom. The van der Waals surface area contributed by atoms with Crippen LogP contribution in [-0.2, 0) is 22.4 Å². The molecule has 2 rings (SSSR count). The summed E-state index contributed by atoms with van der Waals surface area (Å²) < 4.78 is 16.2. The van der Waals surface area contributed by atoms with Gasteiger partial charge in [0.15, 0.2) is 11.5 Å². The number of methoxy groups -OCH3 is 3. The van der Waals surface area contributed by atoms with Crippen LogP contribution in [0.1, 0.15) is 68.1 Å². The van der Waals surface area contributed by atoms with Crippen molar-refractivity contribution in [2.24, 2.45) is 11.5 Å². The third kappa shape index (κ3) is 14.4. The fourth-order valence-electron chi connectivity index (χ4n) is 5.41. The molecule has 46 heavy (non-hydrogen) atoms. The highest BCUT2D eigenvalue weighted by molar-refractivity contribution is 5.77. The van der Waals surface area contributed by atoms with Crippen LogP contribution in [0.15, 0.2) is 36.4 Å². The molecule has 0 fully saturated rings. The molecule has 5 N–H and O–H groups in total. The molecule has 10 heteroatoms. The Hall–Kier alpha value is -3.34. The van der Waals surface area contributed by atoms with Gasteiger partial charge in [-0.1, -0.05) is 18.2 Å². The predicted molar refractivity (Wildman–Crippen MR) is 186 cm³/mol. The van der Waals surface area contributed by atoms with Crippen molar-refractivity contribution in [3.8, 4) is 17.2 Å². The minimum atomic E-state index is 0.155. The minimum Gasteiger partial charge on any atom is -0.496 e. The first-order chi connectivity index (χ1) is 22.4. The Kier molecular flexibility index (Phi) is 19.5. The molecule has 0 saturated carbocycles. The molecule has 0 aliphatic rings. The second-order valence-electron chi connectivity index (χ2n) is 11.7. The summed E-state index contributed by atoms with van der Waals surface area (Å²) in [5, 5.41) is 3.51. The molecule has 0 unspecified atom stereocenters. The van der Waals surface area contributed by atoms with Crippen molar-refractivity contribution in [3.63, 3.8) is 0 Å². The van der Waals surface area contributed by atoms with E-state index in [0.717, 1.165) is 87.1 Å². The van der Waals surface area contributed by atoms with Gasteiger partial charge in [-0.15, -0.1) is 0 Å². The molecule has 0 radical (unpaired) electrons. The summed E-state index contributed by atoms with van der Waals surface area (Å²) in [6.45, 7) is 7.78. The van der Waals surface area contributed by atoms with Crippen molar-refractivity contribution < 1.29 is 23.8 Å². The topological polar surface area (TPSA) is 132 Å². The number of nitrogens with zero attached hydrogens (tertiary/aromatic N) is 2. The van der Waals surface area contributed by atoms with Crippen molar-refractivity contribution in [1.29, 1.82) is 0 Å². The van der Waals surface area contributed by atoms with Gasteiger partial charge in [-0.25, -0.2) is 0 Å². The van der Waals surface area contributed by atoms with E-state index >= 15 is 0 Å². The molecular formula is C36H59N5O5. The van der Waals surface area contributed by atoms with Crippen molar-refractivity contribution >= 4 is 11.8 Å². The van der Waals surface area contributed by atoms with Crippen LogP contribution in [0, 0.1) is 6.92 Å². The lowest BCUT2D eigenvalue weighted by Gasteiger charge is -2.24. The van der Waals surface area contributed by atoms with Gasteiger partial charge in [-0.05, 0) is 119 Å². The number of carbonyl (C=O) groups is 2. The molecule has 0 aliphatic heterocycles. The van der Waals surface area contributed by atoms with Crippen molar-refractivity contribution in [2.45, 2.75) is 71.1 Å². The lowest BCUT2D eigenvalue weighted by molar-refractivity contribution is -0.132. The summed E-state index contributed by atoms with van der Waals surface area (Å²) in [5.41, 5.74) is 14.7. The van der Waals surface area contributed by atoms with Crippen LogP contribution in [0.25, 0.3) is 0 Å². The maximum absolute atomic E-state index is 13.2. The van der Waals surface area contributed by atoms with Gasteiger partial charge in [-0.2, -0.15) is 0 Å². The van der Waals surface area contributed by atoms with Gasteiger partial charge in [0.2, 0.25) is 11.8 Å². The van der Waals surface area contributed by atoms with Gasteiger partial charge in [0.05, 0.1) is 21.3 Å². The van der Waals surface area contributed by atoms with Crippen LogP contribution < -0.4 is 31.0 Å². The summed E-state index contributed by atoms with van der Waals surface area (Å²) >= 11 is 0. The third-order valence-electron chi connectivity index (χ3n) is 8.21. The van der Waals surface area contributed by atoms with Crippen LogP contribution in [0.3, 0.4) is 0 Å². The van der Waals surface area contributed by atoms with Crippen LogP contribution in [0.2, 0.25) is 0 Å². The summed E-state index contributed by atoms with van der Waals surface area (Å²) in [5.74, 6) is 2.54. The summed E-state index contributed by atoms with van der Waals surface area (Å²) in [4.78, 5) is 30.3. The number of nitrogens with two attached hydrogens (primary N) is 2. The summed E-state index contributed by atoms with van der Waals surface area (Å²) in [6, 6.07) is 11.9. The molecule has 258 valence electrons. The maximum atomic E-state index is 13.2. The van der Waals surface area contributed by atoms with E-state index in [2.05, 4.69) is 11.4 Å². The Labute approximate surface area is 277 Å². The van der Waals surface area contributed by atoms with E-state index in [0.29, 0.717) is 63.4 Å². The first-order valence-corrected chi connectivity index (χ1v) is 16.9. The van der Waals surface area contributed by atoms with E-state index in [9.17, 15) is 9.59 Å². The zero-order valence-electron chi connectivity index (χ0n) is 28.8. The van der Waals surface area contributed by atoms with E-state index < -0.39 is 0 Å². The smallest absolute Gasteiger partial charge is 0.222 e. The number of hydrogen-bond acceptors (Lipinski definition) is 8. The zero-order valence-corrected chi connectivity index (χ0v) is 28.8. The standard InChI is InChI=1S/C36H59N5O5/c1-29-11-12-30(27-33(29)45-3)14-17-35(42)40(23-7-5-19-37)25-9-21-39-22-10-26-41(24-8-6-20-38)36(43)18-15-31-13-16-32(44-2)34(28-31)46-4/h11-13,16,27-28,39H,5-10,14-15,17-26,37-38H2,1-4H3. The highest BCUT2D eigenvalue weighted by Crippen LogP contribution is 2.28. The molecule has 2 amide bonds. The Morgan fingerprint density at radius 2 is 1.09 bits per heavy atom. The molecular weight excluding hydrogens is 582 g/mol. The number of aryl methyl sites for hydroxylation is 3. The number of benzene rings is 2. The number of unbranched alkanes of at least 4 members (excludes halogenated alkanes) is 2. The van der Waals surface area contributed by atoms with Gasteiger partial charge >= 0.3 is 0 Å². The molecule has 0 atom stereocenters.